The normalized spacial score (nSPS) is 19.4. The van der Waals surface area contributed by atoms with E-state index in [2.05, 4.69) is 0 Å². The molecular weight excluding hydrogens is 209 g/mol. The van der Waals surface area contributed by atoms with Crippen molar-refractivity contribution in [2.24, 2.45) is 5.92 Å². The average Bonchev–Trinajstić information content (AvgIpc) is 2.79. The SMILES string of the molecule is N#Cc1c(F)cccc1OCC1CCOC1. The Hall–Kier alpha value is -1.60. The fraction of sp³-hybridized carbons (Fsp3) is 0.417. The highest BCUT2D eigenvalue weighted by Crippen LogP contribution is 2.22. The van der Waals surface area contributed by atoms with Gasteiger partial charge >= 0.3 is 0 Å². The summed E-state index contributed by atoms with van der Waals surface area (Å²) in [7, 11) is 0. The largest absolute Gasteiger partial charge is 0.492 e. The van der Waals surface area contributed by atoms with E-state index in [0.717, 1.165) is 13.0 Å². The Morgan fingerprint density at radius 1 is 1.56 bits per heavy atom. The summed E-state index contributed by atoms with van der Waals surface area (Å²) < 4.78 is 23.9. The predicted molar refractivity (Wildman–Crippen MR) is 55.5 cm³/mol. The van der Waals surface area contributed by atoms with Crippen LogP contribution in [0.3, 0.4) is 0 Å². The van der Waals surface area contributed by atoms with Crippen LogP contribution in [0.25, 0.3) is 0 Å². The third kappa shape index (κ3) is 2.31. The lowest BCUT2D eigenvalue weighted by atomic mass is 10.1. The number of benzene rings is 1. The van der Waals surface area contributed by atoms with Gasteiger partial charge in [-0.15, -0.1) is 0 Å². The minimum Gasteiger partial charge on any atom is -0.492 e. The van der Waals surface area contributed by atoms with E-state index < -0.39 is 5.82 Å². The summed E-state index contributed by atoms with van der Waals surface area (Å²) in [6.07, 6.45) is 0.956. The zero-order valence-electron chi connectivity index (χ0n) is 8.78. The second-order valence-corrected chi connectivity index (χ2v) is 3.77. The van der Waals surface area contributed by atoms with Crippen LogP contribution in [0.4, 0.5) is 4.39 Å². The Balaban J connectivity index is 2.03. The molecule has 0 aromatic heterocycles. The van der Waals surface area contributed by atoms with Crippen LogP contribution in [-0.2, 0) is 4.74 Å². The second kappa shape index (κ2) is 4.95. The summed E-state index contributed by atoms with van der Waals surface area (Å²) in [5, 5.41) is 8.80. The summed E-state index contributed by atoms with van der Waals surface area (Å²) in [6, 6.07) is 6.21. The molecule has 4 heteroatoms. The summed E-state index contributed by atoms with van der Waals surface area (Å²) in [6.45, 7) is 1.90. The Kier molecular flexibility index (Phi) is 3.37. The molecule has 84 valence electrons. The van der Waals surface area contributed by atoms with Gasteiger partial charge in [-0.3, -0.25) is 0 Å². The lowest BCUT2D eigenvalue weighted by molar-refractivity contribution is 0.167. The van der Waals surface area contributed by atoms with Crippen molar-refractivity contribution < 1.29 is 13.9 Å². The van der Waals surface area contributed by atoms with Gasteiger partial charge in [0.25, 0.3) is 0 Å². The molecule has 1 saturated heterocycles. The fourth-order valence-corrected chi connectivity index (χ4v) is 1.66. The number of nitriles is 1. The molecule has 0 spiro atoms. The summed E-state index contributed by atoms with van der Waals surface area (Å²) in [5.74, 6) is 0.117. The first-order valence-corrected chi connectivity index (χ1v) is 5.20. The highest BCUT2D eigenvalue weighted by Gasteiger charge is 2.17. The molecule has 1 aromatic carbocycles. The lowest BCUT2D eigenvalue weighted by Gasteiger charge is -2.11. The van der Waals surface area contributed by atoms with E-state index in [1.807, 2.05) is 6.07 Å². The van der Waals surface area contributed by atoms with Crippen LogP contribution in [-0.4, -0.2) is 19.8 Å². The lowest BCUT2D eigenvalue weighted by Crippen LogP contribution is -2.12. The van der Waals surface area contributed by atoms with Crippen LogP contribution >= 0.6 is 0 Å². The van der Waals surface area contributed by atoms with Crippen molar-refractivity contribution in [1.29, 1.82) is 5.26 Å². The van der Waals surface area contributed by atoms with Gasteiger partial charge in [-0.25, -0.2) is 4.39 Å². The van der Waals surface area contributed by atoms with E-state index in [1.165, 1.54) is 12.1 Å². The molecule has 0 radical (unpaired) electrons. The van der Waals surface area contributed by atoms with Gasteiger partial charge in [0, 0.05) is 12.5 Å². The van der Waals surface area contributed by atoms with E-state index in [-0.39, 0.29) is 5.56 Å². The maximum atomic E-state index is 13.2. The minimum absolute atomic E-state index is 0.0265. The molecule has 1 aliphatic heterocycles. The van der Waals surface area contributed by atoms with Crippen LogP contribution in [0.5, 0.6) is 5.75 Å². The molecule has 16 heavy (non-hydrogen) atoms. The Bertz CT molecular complexity index is 408. The molecule has 0 saturated carbocycles. The van der Waals surface area contributed by atoms with E-state index >= 15 is 0 Å². The Morgan fingerprint density at radius 2 is 2.44 bits per heavy atom. The number of hydrogen-bond donors (Lipinski definition) is 0. The first kappa shape index (κ1) is 10.9. The van der Waals surface area contributed by atoms with Gasteiger partial charge in [-0.1, -0.05) is 6.07 Å². The third-order valence-corrected chi connectivity index (χ3v) is 2.59. The number of halogens is 1. The number of ether oxygens (including phenoxy) is 2. The fourth-order valence-electron chi connectivity index (χ4n) is 1.66. The number of rotatable bonds is 3. The number of nitrogens with zero attached hydrogens (tertiary/aromatic N) is 1. The van der Waals surface area contributed by atoms with E-state index in [1.54, 1.807) is 6.07 Å². The van der Waals surface area contributed by atoms with Crippen molar-refractivity contribution in [1.82, 2.24) is 0 Å². The topological polar surface area (TPSA) is 42.2 Å². The van der Waals surface area contributed by atoms with E-state index in [4.69, 9.17) is 14.7 Å². The highest BCUT2D eigenvalue weighted by atomic mass is 19.1. The van der Waals surface area contributed by atoms with Crippen LogP contribution in [0.1, 0.15) is 12.0 Å². The minimum atomic E-state index is -0.539. The molecule has 0 amide bonds. The Labute approximate surface area is 93.4 Å². The molecule has 1 aliphatic rings. The molecular formula is C12H12FNO2. The molecule has 1 atom stereocenters. The van der Waals surface area contributed by atoms with Crippen molar-refractivity contribution in [2.45, 2.75) is 6.42 Å². The van der Waals surface area contributed by atoms with Gasteiger partial charge < -0.3 is 9.47 Å². The van der Waals surface area contributed by atoms with Crippen LogP contribution < -0.4 is 4.74 Å². The molecule has 3 nitrogen and oxygen atoms in total. The van der Waals surface area contributed by atoms with Crippen molar-refractivity contribution >= 4 is 0 Å². The molecule has 1 aromatic rings. The van der Waals surface area contributed by atoms with Crippen molar-refractivity contribution in [2.75, 3.05) is 19.8 Å². The predicted octanol–water partition coefficient (Wildman–Crippen LogP) is 2.11. The molecule has 1 fully saturated rings. The van der Waals surface area contributed by atoms with Crippen molar-refractivity contribution in [3.8, 4) is 11.8 Å². The van der Waals surface area contributed by atoms with Gasteiger partial charge in [0.2, 0.25) is 0 Å². The maximum absolute atomic E-state index is 13.2. The second-order valence-electron chi connectivity index (χ2n) is 3.77. The highest BCUT2D eigenvalue weighted by molar-refractivity contribution is 5.43. The molecule has 2 rings (SSSR count). The molecule has 0 bridgehead atoms. The van der Waals surface area contributed by atoms with Crippen LogP contribution in [0.15, 0.2) is 18.2 Å². The third-order valence-electron chi connectivity index (χ3n) is 2.59. The summed E-state index contributed by atoms with van der Waals surface area (Å²) in [5.41, 5.74) is -0.0265. The monoisotopic (exact) mass is 221 g/mol. The average molecular weight is 221 g/mol. The van der Waals surface area contributed by atoms with Crippen molar-refractivity contribution in [3.63, 3.8) is 0 Å². The zero-order valence-corrected chi connectivity index (χ0v) is 8.78. The molecule has 0 aliphatic carbocycles. The zero-order chi connectivity index (χ0) is 11.4. The van der Waals surface area contributed by atoms with Crippen molar-refractivity contribution in [3.05, 3.63) is 29.6 Å². The summed E-state index contributed by atoms with van der Waals surface area (Å²) in [4.78, 5) is 0. The summed E-state index contributed by atoms with van der Waals surface area (Å²) >= 11 is 0. The standard InChI is InChI=1S/C12H12FNO2/c13-11-2-1-3-12(10(11)6-14)16-8-9-4-5-15-7-9/h1-3,9H,4-5,7-8H2. The molecule has 1 unspecified atom stereocenters. The van der Waals surface area contributed by atoms with Crippen LogP contribution in [0, 0.1) is 23.1 Å². The molecule has 1 heterocycles. The van der Waals surface area contributed by atoms with Gasteiger partial charge in [-0.05, 0) is 18.6 Å². The number of hydrogen-bond acceptors (Lipinski definition) is 3. The van der Waals surface area contributed by atoms with Gasteiger partial charge in [0.1, 0.15) is 23.2 Å². The van der Waals surface area contributed by atoms with Gasteiger partial charge in [0.05, 0.1) is 13.2 Å². The first-order chi connectivity index (χ1) is 7.81. The first-order valence-electron chi connectivity index (χ1n) is 5.20. The quantitative estimate of drug-likeness (QED) is 0.785. The molecule has 0 N–H and O–H groups in total. The smallest absolute Gasteiger partial charge is 0.144 e. The Morgan fingerprint density at radius 3 is 3.12 bits per heavy atom. The van der Waals surface area contributed by atoms with Gasteiger partial charge in [-0.2, -0.15) is 5.26 Å². The van der Waals surface area contributed by atoms with E-state index in [9.17, 15) is 4.39 Å². The van der Waals surface area contributed by atoms with E-state index in [0.29, 0.717) is 24.9 Å². The maximum Gasteiger partial charge on any atom is 0.144 e. The van der Waals surface area contributed by atoms with Crippen LogP contribution in [0.2, 0.25) is 0 Å². The van der Waals surface area contributed by atoms with Gasteiger partial charge in [0.15, 0.2) is 0 Å².